The molecule has 4 nitrogen and oxygen atoms in total. The summed E-state index contributed by atoms with van der Waals surface area (Å²) in [5.74, 6) is 0.973. The van der Waals surface area contributed by atoms with Crippen molar-refractivity contribution in [3.05, 3.63) is 95.8 Å². The van der Waals surface area contributed by atoms with E-state index in [2.05, 4.69) is 84.6 Å². The Kier molecular flexibility index (Phi) is 6.45. The zero-order chi connectivity index (χ0) is 20.8. The molecule has 0 saturated carbocycles. The Morgan fingerprint density at radius 1 is 0.933 bits per heavy atom. The summed E-state index contributed by atoms with van der Waals surface area (Å²) < 4.78 is 8.24. The highest BCUT2D eigenvalue weighted by atomic mass is 16.5. The van der Waals surface area contributed by atoms with Crippen LogP contribution in [0.5, 0.6) is 5.75 Å². The Morgan fingerprint density at radius 3 is 2.57 bits per heavy atom. The van der Waals surface area contributed by atoms with Crippen LogP contribution in [-0.4, -0.2) is 34.9 Å². The van der Waals surface area contributed by atoms with Crippen LogP contribution >= 0.6 is 0 Å². The second kappa shape index (κ2) is 9.59. The van der Waals surface area contributed by atoms with E-state index in [1.165, 1.54) is 27.5 Å². The molecule has 0 aliphatic heterocycles. The number of fused-ring (bicyclic) bond motifs is 1. The summed E-state index contributed by atoms with van der Waals surface area (Å²) in [6.45, 7) is 5.46. The molecule has 3 aromatic carbocycles. The zero-order valence-corrected chi connectivity index (χ0v) is 17.8. The van der Waals surface area contributed by atoms with Gasteiger partial charge < -0.3 is 9.64 Å². The quantitative estimate of drug-likeness (QED) is 0.390. The van der Waals surface area contributed by atoms with Crippen LogP contribution in [0.3, 0.4) is 0 Å². The van der Waals surface area contributed by atoms with Crippen molar-refractivity contribution in [2.45, 2.75) is 26.4 Å². The average Bonchev–Trinajstić information content (AvgIpc) is 3.28. The van der Waals surface area contributed by atoms with Gasteiger partial charge in [0.25, 0.3) is 0 Å². The van der Waals surface area contributed by atoms with E-state index >= 15 is 0 Å². The predicted octanol–water partition coefficient (Wildman–Crippen LogP) is 5.16. The van der Waals surface area contributed by atoms with Crippen LogP contribution in [0.2, 0.25) is 0 Å². The van der Waals surface area contributed by atoms with Gasteiger partial charge in [-0.1, -0.05) is 61.5 Å². The average molecular weight is 400 g/mol. The van der Waals surface area contributed by atoms with Crippen LogP contribution in [0.4, 0.5) is 0 Å². The van der Waals surface area contributed by atoms with Gasteiger partial charge in [0.05, 0.1) is 13.2 Å². The molecule has 0 saturated heterocycles. The highest BCUT2D eigenvalue weighted by Gasteiger charge is 2.09. The summed E-state index contributed by atoms with van der Waals surface area (Å²) in [6.07, 6.45) is 4.68. The number of aromatic nitrogens is 2. The van der Waals surface area contributed by atoms with E-state index in [1.54, 1.807) is 0 Å². The second-order valence-electron chi connectivity index (χ2n) is 7.76. The first-order valence-corrected chi connectivity index (χ1v) is 10.6. The molecule has 0 radical (unpaired) electrons. The fourth-order valence-electron chi connectivity index (χ4n) is 3.62. The maximum Gasteiger partial charge on any atom is 0.124 e. The lowest BCUT2D eigenvalue weighted by atomic mass is 10.1. The van der Waals surface area contributed by atoms with Crippen LogP contribution < -0.4 is 4.74 Å². The molecule has 154 valence electrons. The first kappa shape index (κ1) is 20.2. The van der Waals surface area contributed by atoms with Gasteiger partial charge in [-0.05, 0) is 47.6 Å². The van der Waals surface area contributed by atoms with Gasteiger partial charge >= 0.3 is 0 Å². The molecule has 0 aliphatic carbocycles. The van der Waals surface area contributed by atoms with Crippen molar-refractivity contribution < 1.29 is 4.74 Å². The minimum absolute atomic E-state index is 0.659. The summed E-state index contributed by atoms with van der Waals surface area (Å²) in [4.78, 5) is 2.29. The van der Waals surface area contributed by atoms with Crippen LogP contribution in [-0.2, 0) is 19.5 Å². The Hall–Kier alpha value is -3.11. The van der Waals surface area contributed by atoms with Gasteiger partial charge in [-0.15, -0.1) is 0 Å². The lowest BCUT2D eigenvalue weighted by Gasteiger charge is -2.18. The van der Waals surface area contributed by atoms with Crippen LogP contribution in [0.25, 0.3) is 10.8 Å². The van der Waals surface area contributed by atoms with Crippen LogP contribution in [0.15, 0.2) is 79.1 Å². The molecule has 1 heterocycles. The van der Waals surface area contributed by atoms with Crippen molar-refractivity contribution in [3.63, 3.8) is 0 Å². The van der Waals surface area contributed by atoms with Gasteiger partial charge in [-0.2, -0.15) is 5.10 Å². The SMILES string of the molecule is CCN(C)Cc1ccc(Cn2cccn2)cc1OCCc1ccc2ccccc2c1. The molecule has 1 aromatic heterocycles. The molecule has 4 rings (SSSR count). The minimum atomic E-state index is 0.659. The molecule has 0 atom stereocenters. The summed E-state index contributed by atoms with van der Waals surface area (Å²) in [6, 6.07) is 23.6. The van der Waals surface area contributed by atoms with Crippen molar-refractivity contribution in [1.29, 1.82) is 0 Å². The van der Waals surface area contributed by atoms with E-state index in [9.17, 15) is 0 Å². The summed E-state index contributed by atoms with van der Waals surface area (Å²) in [7, 11) is 2.14. The van der Waals surface area contributed by atoms with Gasteiger partial charge in [0.15, 0.2) is 0 Å². The molecule has 0 aliphatic rings. The van der Waals surface area contributed by atoms with E-state index in [1.807, 2.05) is 23.1 Å². The van der Waals surface area contributed by atoms with Crippen molar-refractivity contribution >= 4 is 10.8 Å². The van der Waals surface area contributed by atoms with E-state index in [0.717, 1.165) is 31.8 Å². The number of hydrogen-bond acceptors (Lipinski definition) is 3. The van der Waals surface area contributed by atoms with Crippen molar-refractivity contribution in [1.82, 2.24) is 14.7 Å². The van der Waals surface area contributed by atoms with Gasteiger partial charge in [-0.3, -0.25) is 4.68 Å². The maximum atomic E-state index is 6.30. The van der Waals surface area contributed by atoms with E-state index in [-0.39, 0.29) is 0 Å². The van der Waals surface area contributed by atoms with Crippen molar-refractivity contribution in [2.75, 3.05) is 20.2 Å². The van der Waals surface area contributed by atoms with E-state index < -0.39 is 0 Å². The maximum absolute atomic E-state index is 6.30. The lowest BCUT2D eigenvalue weighted by molar-refractivity contribution is 0.300. The Balaban J connectivity index is 1.47. The third-order valence-corrected chi connectivity index (χ3v) is 5.48. The summed E-state index contributed by atoms with van der Waals surface area (Å²) in [5.41, 5.74) is 3.72. The molecule has 30 heavy (non-hydrogen) atoms. The molecule has 0 spiro atoms. The molecule has 0 amide bonds. The molecule has 0 unspecified atom stereocenters. The van der Waals surface area contributed by atoms with Crippen LogP contribution in [0, 0.1) is 0 Å². The topological polar surface area (TPSA) is 30.3 Å². The number of rotatable bonds is 9. The van der Waals surface area contributed by atoms with Gasteiger partial charge in [0, 0.05) is 30.9 Å². The molecule has 0 bridgehead atoms. The Bertz CT molecular complexity index is 1090. The third kappa shape index (κ3) is 5.08. The molecular formula is C26H29N3O. The first-order valence-electron chi connectivity index (χ1n) is 10.6. The van der Waals surface area contributed by atoms with Crippen molar-refractivity contribution in [3.8, 4) is 5.75 Å². The van der Waals surface area contributed by atoms with Crippen LogP contribution in [0.1, 0.15) is 23.6 Å². The van der Waals surface area contributed by atoms with Crippen molar-refractivity contribution in [2.24, 2.45) is 0 Å². The second-order valence-corrected chi connectivity index (χ2v) is 7.76. The largest absolute Gasteiger partial charge is 0.493 e. The standard InChI is InChI=1S/C26H29N3O/c1-3-28(2)20-25-12-10-22(19-29-15-6-14-27-29)18-26(25)30-16-13-21-9-11-23-7-4-5-8-24(23)17-21/h4-12,14-15,17-18H,3,13,16,19-20H2,1-2H3. The lowest BCUT2D eigenvalue weighted by Crippen LogP contribution is -2.18. The summed E-state index contributed by atoms with van der Waals surface area (Å²) in [5, 5.41) is 6.87. The molecule has 0 fully saturated rings. The number of nitrogens with zero attached hydrogens (tertiary/aromatic N) is 3. The van der Waals surface area contributed by atoms with Gasteiger partial charge in [0.1, 0.15) is 5.75 Å². The number of hydrogen-bond donors (Lipinski definition) is 0. The Labute approximate surface area is 178 Å². The fourth-order valence-corrected chi connectivity index (χ4v) is 3.62. The number of ether oxygens (including phenoxy) is 1. The summed E-state index contributed by atoms with van der Waals surface area (Å²) >= 11 is 0. The predicted molar refractivity (Wildman–Crippen MR) is 123 cm³/mol. The number of benzene rings is 3. The Morgan fingerprint density at radius 2 is 1.77 bits per heavy atom. The molecular weight excluding hydrogens is 370 g/mol. The molecule has 4 aromatic rings. The van der Waals surface area contributed by atoms with Gasteiger partial charge in [-0.25, -0.2) is 0 Å². The van der Waals surface area contributed by atoms with Gasteiger partial charge in [0.2, 0.25) is 0 Å². The minimum Gasteiger partial charge on any atom is -0.493 e. The fraction of sp³-hybridized carbons (Fsp3) is 0.269. The smallest absolute Gasteiger partial charge is 0.124 e. The highest BCUT2D eigenvalue weighted by Crippen LogP contribution is 2.23. The third-order valence-electron chi connectivity index (χ3n) is 5.48. The zero-order valence-electron chi connectivity index (χ0n) is 17.8. The molecule has 0 N–H and O–H groups in total. The van der Waals surface area contributed by atoms with E-state index in [4.69, 9.17) is 4.74 Å². The normalized spacial score (nSPS) is 11.3. The van der Waals surface area contributed by atoms with E-state index in [0.29, 0.717) is 6.61 Å². The first-order chi connectivity index (χ1) is 14.7. The monoisotopic (exact) mass is 399 g/mol. The highest BCUT2D eigenvalue weighted by molar-refractivity contribution is 5.82. The molecule has 4 heteroatoms.